The average Bonchev–Trinajstić information content (AvgIpc) is 2.34. The minimum atomic E-state index is -0.926. The molecule has 2 N–H and O–H groups in total. The van der Waals surface area contributed by atoms with Crippen molar-refractivity contribution in [2.24, 2.45) is 0 Å². The number of hydrogen-bond donors (Lipinski definition) is 2. The van der Waals surface area contributed by atoms with Crippen molar-refractivity contribution in [1.82, 2.24) is 0 Å². The minimum Gasteiger partial charge on any atom is -0.387 e. The zero-order valence-electron chi connectivity index (χ0n) is 11.7. The number of aliphatic hydroxyl groups is 2. The molecule has 2 nitrogen and oxygen atoms in total. The third-order valence-electron chi connectivity index (χ3n) is 4.41. The van der Waals surface area contributed by atoms with Gasteiger partial charge in [-0.15, -0.1) is 0 Å². The van der Waals surface area contributed by atoms with Crippen LogP contribution >= 0.6 is 0 Å². The summed E-state index contributed by atoms with van der Waals surface area (Å²) in [5.41, 5.74) is 3.45. The minimum absolute atomic E-state index is 0.709. The first-order valence-corrected chi connectivity index (χ1v) is 6.92. The Bertz CT molecular complexity index is 431. The van der Waals surface area contributed by atoms with Gasteiger partial charge in [-0.05, 0) is 55.9 Å². The van der Waals surface area contributed by atoms with Gasteiger partial charge in [-0.2, -0.15) is 0 Å². The fourth-order valence-electron chi connectivity index (χ4n) is 3.00. The highest BCUT2D eigenvalue weighted by molar-refractivity contribution is 5.38. The van der Waals surface area contributed by atoms with Crippen molar-refractivity contribution in [1.29, 1.82) is 0 Å². The third-order valence-corrected chi connectivity index (χ3v) is 4.41. The molecule has 0 spiro atoms. The molecule has 1 aliphatic rings. The molecule has 2 heteroatoms. The van der Waals surface area contributed by atoms with Gasteiger partial charge in [0.25, 0.3) is 0 Å². The zero-order valence-corrected chi connectivity index (χ0v) is 11.7. The Balaban J connectivity index is 2.33. The van der Waals surface area contributed by atoms with Gasteiger partial charge in [-0.25, -0.2) is 0 Å². The highest BCUT2D eigenvalue weighted by Gasteiger charge is 2.38. The Morgan fingerprint density at radius 2 is 1.50 bits per heavy atom. The highest BCUT2D eigenvalue weighted by Crippen LogP contribution is 2.39. The molecule has 0 radical (unpaired) electrons. The molecular formula is C16H24O2. The van der Waals surface area contributed by atoms with E-state index < -0.39 is 11.7 Å². The topological polar surface area (TPSA) is 40.5 Å². The van der Waals surface area contributed by atoms with Gasteiger partial charge in [-0.1, -0.05) is 31.4 Å². The van der Waals surface area contributed by atoms with Gasteiger partial charge >= 0.3 is 0 Å². The monoisotopic (exact) mass is 248 g/mol. The van der Waals surface area contributed by atoms with E-state index in [1.165, 1.54) is 17.5 Å². The van der Waals surface area contributed by atoms with Crippen LogP contribution in [0.3, 0.4) is 0 Å². The number of hydrogen-bond acceptors (Lipinski definition) is 2. The second-order valence-corrected chi connectivity index (χ2v) is 5.86. The Hall–Kier alpha value is -0.860. The summed E-state index contributed by atoms with van der Waals surface area (Å²) >= 11 is 0. The lowest BCUT2D eigenvalue weighted by Crippen LogP contribution is -2.38. The molecule has 18 heavy (non-hydrogen) atoms. The van der Waals surface area contributed by atoms with Gasteiger partial charge in [0, 0.05) is 0 Å². The second-order valence-electron chi connectivity index (χ2n) is 5.86. The molecular weight excluding hydrogens is 224 g/mol. The lowest BCUT2D eigenvalue weighted by Gasteiger charge is -2.37. The number of benzene rings is 1. The smallest absolute Gasteiger partial charge is 0.108 e. The molecule has 1 aromatic rings. The standard InChI is InChI=1S/C16H24O2/c1-11-9-13(3)14(10-12(11)2)15(17)16(18)7-5-4-6-8-16/h9-10,15,17-18H,4-8H2,1-3H3. The summed E-state index contributed by atoms with van der Waals surface area (Å²) in [4.78, 5) is 0. The summed E-state index contributed by atoms with van der Waals surface area (Å²) in [6, 6.07) is 4.13. The molecule has 1 saturated carbocycles. The molecule has 0 amide bonds. The Kier molecular flexibility index (Phi) is 3.79. The summed E-state index contributed by atoms with van der Waals surface area (Å²) in [5, 5.41) is 21.2. The summed E-state index contributed by atoms with van der Waals surface area (Å²) in [6.45, 7) is 6.14. The van der Waals surface area contributed by atoms with Crippen LogP contribution < -0.4 is 0 Å². The SMILES string of the molecule is Cc1cc(C)c(C(O)C2(O)CCCCC2)cc1C. The largest absolute Gasteiger partial charge is 0.387 e. The quantitative estimate of drug-likeness (QED) is 0.842. The van der Waals surface area contributed by atoms with Crippen LogP contribution in [-0.4, -0.2) is 15.8 Å². The lowest BCUT2D eigenvalue weighted by atomic mass is 9.77. The van der Waals surface area contributed by atoms with E-state index >= 15 is 0 Å². The van der Waals surface area contributed by atoms with Crippen molar-refractivity contribution < 1.29 is 10.2 Å². The molecule has 1 unspecified atom stereocenters. The van der Waals surface area contributed by atoms with Crippen LogP contribution in [0.2, 0.25) is 0 Å². The summed E-state index contributed by atoms with van der Waals surface area (Å²) < 4.78 is 0. The van der Waals surface area contributed by atoms with Gasteiger partial charge in [-0.3, -0.25) is 0 Å². The molecule has 0 heterocycles. The maximum Gasteiger partial charge on any atom is 0.108 e. The normalized spacial score (nSPS) is 20.7. The fourth-order valence-corrected chi connectivity index (χ4v) is 3.00. The van der Waals surface area contributed by atoms with Crippen LogP contribution in [0.25, 0.3) is 0 Å². The summed E-state index contributed by atoms with van der Waals surface area (Å²) in [6.07, 6.45) is 3.86. The maximum absolute atomic E-state index is 10.6. The molecule has 0 aromatic heterocycles. The number of aryl methyl sites for hydroxylation is 3. The first kappa shape index (κ1) is 13.6. The molecule has 1 aliphatic carbocycles. The Morgan fingerprint density at radius 1 is 0.944 bits per heavy atom. The second kappa shape index (κ2) is 5.02. The average molecular weight is 248 g/mol. The van der Waals surface area contributed by atoms with Gasteiger partial charge < -0.3 is 10.2 Å². The summed E-state index contributed by atoms with van der Waals surface area (Å²) in [5.74, 6) is 0. The van der Waals surface area contributed by atoms with E-state index in [1.807, 2.05) is 13.0 Å². The van der Waals surface area contributed by atoms with Gasteiger partial charge in [0.15, 0.2) is 0 Å². The molecule has 0 saturated heterocycles. The van der Waals surface area contributed by atoms with E-state index in [0.29, 0.717) is 12.8 Å². The van der Waals surface area contributed by atoms with Crippen molar-refractivity contribution in [2.45, 2.75) is 64.6 Å². The maximum atomic E-state index is 10.6. The third kappa shape index (κ3) is 2.45. The van der Waals surface area contributed by atoms with E-state index in [4.69, 9.17) is 0 Å². The molecule has 1 aromatic carbocycles. The first-order valence-electron chi connectivity index (χ1n) is 6.92. The predicted octanol–water partition coefficient (Wildman–Crippen LogP) is 3.34. The molecule has 1 fully saturated rings. The van der Waals surface area contributed by atoms with E-state index in [-0.39, 0.29) is 0 Å². The van der Waals surface area contributed by atoms with Crippen LogP contribution in [0.4, 0.5) is 0 Å². The molecule has 100 valence electrons. The van der Waals surface area contributed by atoms with Crippen molar-refractivity contribution >= 4 is 0 Å². The first-order chi connectivity index (χ1) is 8.44. The van der Waals surface area contributed by atoms with Crippen LogP contribution in [0, 0.1) is 20.8 Å². The Morgan fingerprint density at radius 3 is 2.11 bits per heavy atom. The van der Waals surface area contributed by atoms with Gasteiger partial charge in [0.05, 0.1) is 5.60 Å². The van der Waals surface area contributed by atoms with Crippen molar-refractivity contribution in [3.8, 4) is 0 Å². The van der Waals surface area contributed by atoms with Crippen molar-refractivity contribution in [2.75, 3.05) is 0 Å². The molecule has 1 atom stereocenters. The van der Waals surface area contributed by atoms with Crippen molar-refractivity contribution in [3.05, 3.63) is 34.4 Å². The molecule has 2 rings (SSSR count). The van der Waals surface area contributed by atoms with Crippen LogP contribution in [-0.2, 0) is 0 Å². The van der Waals surface area contributed by atoms with E-state index in [2.05, 4.69) is 19.9 Å². The van der Waals surface area contributed by atoms with Gasteiger partial charge in [0.1, 0.15) is 6.10 Å². The van der Waals surface area contributed by atoms with Crippen LogP contribution in [0.15, 0.2) is 12.1 Å². The summed E-state index contributed by atoms with van der Waals surface area (Å²) in [7, 11) is 0. The van der Waals surface area contributed by atoms with E-state index in [9.17, 15) is 10.2 Å². The van der Waals surface area contributed by atoms with E-state index in [1.54, 1.807) is 0 Å². The predicted molar refractivity (Wildman–Crippen MR) is 73.6 cm³/mol. The van der Waals surface area contributed by atoms with Crippen molar-refractivity contribution in [3.63, 3.8) is 0 Å². The zero-order chi connectivity index (χ0) is 13.3. The molecule has 0 aliphatic heterocycles. The molecule has 0 bridgehead atoms. The van der Waals surface area contributed by atoms with E-state index in [0.717, 1.165) is 24.0 Å². The fraction of sp³-hybridized carbons (Fsp3) is 0.625. The van der Waals surface area contributed by atoms with Crippen LogP contribution in [0.5, 0.6) is 0 Å². The highest BCUT2D eigenvalue weighted by atomic mass is 16.3. The lowest BCUT2D eigenvalue weighted by molar-refractivity contribution is -0.0994. The van der Waals surface area contributed by atoms with Crippen LogP contribution in [0.1, 0.15) is 60.5 Å². The van der Waals surface area contributed by atoms with Gasteiger partial charge in [0.2, 0.25) is 0 Å². The number of rotatable bonds is 2. The number of aliphatic hydroxyl groups excluding tert-OH is 1. The Labute approximate surface area is 110 Å².